The van der Waals surface area contributed by atoms with Gasteiger partial charge in [0.1, 0.15) is 0 Å². The van der Waals surface area contributed by atoms with E-state index in [-0.39, 0.29) is 0 Å². The van der Waals surface area contributed by atoms with E-state index in [4.69, 9.17) is 59.6 Å². The molecule has 0 saturated heterocycles. The summed E-state index contributed by atoms with van der Waals surface area (Å²) in [6.07, 6.45) is 0. The van der Waals surface area contributed by atoms with Crippen LogP contribution in [0.2, 0.25) is 0 Å². The van der Waals surface area contributed by atoms with Crippen molar-refractivity contribution in [1.82, 2.24) is 0 Å². The molecule has 0 unspecified atom stereocenters. The highest BCUT2D eigenvalue weighted by atomic mass is 31.2. The summed E-state index contributed by atoms with van der Waals surface area (Å²) in [6, 6.07) is 0. The molecule has 0 aromatic carbocycles. The van der Waals surface area contributed by atoms with Gasteiger partial charge in [-0.25, -0.2) is 37.4 Å². The van der Waals surface area contributed by atoms with Gasteiger partial charge >= 0.3 is 53.2 Å². The zero-order valence-corrected chi connectivity index (χ0v) is 16.0. The Labute approximate surface area is 151 Å². The lowest BCUT2D eigenvalue weighted by atomic mass is 11.6. The molecule has 0 aliphatic carbocycles. The number of hydrogen-bond donors (Lipinski definition) is 12. The Morgan fingerprint density at radius 1 is 0.357 bits per heavy atom. The van der Waals surface area contributed by atoms with Crippen molar-refractivity contribution in [3.8, 4) is 0 Å². The zero-order chi connectivity index (χ0) is 24.3. The van der Waals surface area contributed by atoms with Gasteiger partial charge in [-0.15, -0.1) is 0 Å². The molecule has 0 aromatic rings. The number of carbonyl (C=O) groups is 4. The lowest BCUT2D eigenvalue weighted by molar-refractivity contribution is 0.208. The van der Waals surface area contributed by atoms with Gasteiger partial charge in [0.2, 0.25) is 0 Å². The maximum absolute atomic E-state index is 9.43. The van der Waals surface area contributed by atoms with Crippen LogP contribution in [-0.4, -0.2) is 82.4 Å². The summed E-state index contributed by atoms with van der Waals surface area (Å²) >= 11 is 0. The third-order valence-corrected chi connectivity index (χ3v) is 2.99. The monoisotopic (exact) mass is 504 g/mol. The molecule has 0 bridgehead atoms. The molecule has 0 saturated carbocycles. The first-order chi connectivity index (χ1) is 11.8. The van der Waals surface area contributed by atoms with E-state index in [1.54, 1.807) is 0 Å². The summed E-state index contributed by atoms with van der Waals surface area (Å²) in [5.41, 5.74) is -8.36. The van der Waals surface area contributed by atoms with Crippen LogP contribution in [0.15, 0.2) is 0 Å². The molecule has 0 spiro atoms. The maximum Gasteiger partial charge on any atom is 0.433 e. The van der Waals surface area contributed by atoms with E-state index in [9.17, 15) is 37.4 Å². The Kier molecular flexibility index (Phi) is 15.6. The van der Waals surface area contributed by atoms with Crippen LogP contribution in [-0.2, 0) is 18.3 Å². The largest absolute Gasteiger partial charge is 0.472 e. The Balaban J connectivity index is -0.000000137. The summed E-state index contributed by atoms with van der Waals surface area (Å²) < 4.78 is 37.7. The predicted molar refractivity (Wildman–Crippen MR) is 80.3 cm³/mol. The minimum atomic E-state index is -4.82. The fourth-order valence-electron chi connectivity index (χ4n) is 0. The molecule has 168 valence electrons. The van der Waals surface area contributed by atoms with Gasteiger partial charge in [-0.3, -0.25) is 0 Å². The molecule has 0 atom stereocenters. The van der Waals surface area contributed by atoms with Crippen molar-refractivity contribution in [1.29, 1.82) is 0 Å². The maximum atomic E-state index is 9.43. The van der Waals surface area contributed by atoms with Crippen molar-refractivity contribution in [2.24, 2.45) is 0 Å². The fourth-order valence-corrected chi connectivity index (χ4v) is 0. The summed E-state index contributed by atoms with van der Waals surface area (Å²) in [6.45, 7) is 0. The zero-order valence-electron chi connectivity index (χ0n) is 12.4. The molecule has 0 aromatic heterocycles. The van der Waals surface area contributed by atoms with Crippen LogP contribution < -0.4 is 0 Å². The molecule has 0 rings (SSSR count). The third kappa shape index (κ3) is 26.7. The SMILES string of the molecule is O=C(O)P(=O)(O)O.O=C(O)P(=O)(O)O.O=C(O)P(=O)(O)O.O=C(O)P(=O)(O)O. The van der Waals surface area contributed by atoms with Gasteiger partial charge in [0, 0.05) is 0 Å². The van der Waals surface area contributed by atoms with Gasteiger partial charge in [0.25, 0.3) is 0 Å². The molecule has 0 amide bonds. The van der Waals surface area contributed by atoms with Gasteiger partial charge in [-0.2, -0.15) is 0 Å². The topological polar surface area (TPSA) is 379 Å². The van der Waals surface area contributed by atoms with Crippen LogP contribution >= 0.6 is 30.4 Å². The summed E-state index contributed by atoms with van der Waals surface area (Å²) in [5, 5.41) is 29.9. The van der Waals surface area contributed by atoms with Crippen molar-refractivity contribution in [3.63, 3.8) is 0 Å². The van der Waals surface area contributed by atoms with Gasteiger partial charge in [0.05, 0.1) is 0 Å². The van der Waals surface area contributed by atoms with E-state index in [0.717, 1.165) is 0 Å². The molecule has 28 heavy (non-hydrogen) atoms. The Bertz CT molecular complexity index is 608. The van der Waals surface area contributed by atoms with Crippen LogP contribution in [0.25, 0.3) is 0 Å². The minimum absolute atomic E-state index is 2.09. The number of carboxylic acid groups (broad SMARTS) is 4. The highest BCUT2D eigenvalue weighted by molar-refractivity contribution is 7.70. The van der Waals surface area contributed by atoms with Crippen LogP contribution in [0.5, 0.6) is 0 Å². The highest BCUT2D eigenvalue weighted by Crippen LogP contribution is 2.35. The second-order valence-corrected chi connectivity index (χ2v) is 9.19. The molecule has 12 N–H and O–H groups in total. The van der Waals surface area contributed by atoms with E-state index in [1.165, 1.54) is 0 Å². The molecule has 20 nitrogen and oxygen atoms in total. The van der Waals surface area contributed by atoms with Gasteiger partial charge < -0.3 is 59.6 Å². The Morgan fingerprint density at radius 2 is 0.393 bits per heavy atom. The molecule has 0 heterocycles. The smallest absolute Gasteiger partial charge is 0.433 e. The van der Waals surface area contributed by atoms with Gasteiger partial charge in [0.15, 0.2) is 0 Å². The average Bonchev–Trinajstić information content (AvgIpc) is 2.35. The first kappa shape index (κ1) is 34.0. The predicted octanol–water partition coefficient (Wildman–Crippen LogP) is -0.632. The second kappa shape index (κ2) is 12.8. The van der Waals surface area contributed by atoms with Gasteiger partial charge in [-0.05, 0) is 0 Å². The lowest BCUT2D eigenvalue weighted by Gasteiger charge is -1.90. The fraction of sp³-hybridized carbons (Fsp3) is 0. The Morgan fingerprint density at radius 3 is 0.393 bits per heavy atom. The molecular weight excluding hydrogens is 492 g/mol. The average molecular weight is 504 g/mol. The summed E-state index contributed by atoms with van der Waals surface area (Å²) in [4.78, 5) is 97.9. The van der Waals surface area contributed by atoms with Crippen molar-refractivity contribution in [2.75, 3.05) is 0 Å². The number of hydrogen-bond acceptors (Lipinski definition) is 8. The van der Waals surface area contributed by atoms with Crippen molar-refractivity contribution < 1.29 is 97.0 Å². The first-order valence-electron chi connectivity index (χ1n) is 4.94. The standard InChI is InChI=1S/4CH3O5P/c4*2-1(3)7(4,5)6/h4*(H,2,3)(H2,4,5,6). The van der Waals surface area contributed by atoms with E-state index in [0.29, 0.717) is 0 Å². The van der Waals surface area contributed by atoms with E-state index in [2.05, 4.69) is 0 Å². The molecule has 24 heteroatoms. The van der Waals surface area contributed by atoms with E-state index in [1.807, 2.05) is 0 Å². The molecular formula is C4H12O20P4. The van der Waals surface area contributed by atoms with E-state index >= 15 is 0 Å². The second-order valence-electron chi connectivity index (χ2n) is 3.31. The molecule has 0 radical (unpaired) electrons. The molecule has 0 fully saturated rings. The van der Waals surface area contributed by atoms with Crippen LogP contribution in [0.3, 0.4) is 0 Å². The lowest BCUT2D eigenvalue weighted by Crippen LogP contribution is -1.90. The quantitative estimate of drug-likeness (QED) is 0.212. The highest BCUT2D eigenvalue weighted by Gasteiger charge is 2.25. The van der Waals surface area contributed by atoms with Crippen LogP contribution in [0.4, 0.5) is 19.2 Å². The summed E-state index contributed by atoms with van der Waals surface area (Å²) in [5.74, 6) is 0. The normalized spacial score (nSPS) is 11.1. The van der Waals surface area contributed by atoms with Crippen molar-refractivity contribution >= 4 is 53.2 Å². The molecule has 0 aliphatic rings. The number of rotatable bonds is 4. The first-order valence-corrected chi connectivity index (χ1v) is 11.4. The third-order valence-electron chi connectivity index (χ3n) is 0.997. The van der Waals surface area contributed by atoms with Crippen LogP contribution in [0, 0.1) is 0 Å². The van der Waals surface area contributed by atoms with Crippen molar-refractivity contribution in [3.05, 3.63) is 0 Å². The minimum Gasteiger partial charge on any atom is -0.472 e. The van der Waals surface area contributed by atoms with Crippen LogP contribution in [0.1, 0.15) is 0 Å². The Hall–Kier alpha value is -1.52. The molecule has 0 aliphatic heterocycles. The van der Waals surface area contributed by atoms with Gasteiger partial charge in [-0.1, -0.05) is 0 Å². The van der Waals surface area contributed by atoms with E-state index < -0.39 is 53.2 Å². The summed E-state index contributed by atoms with van der Waals surface area (Å²) in [7, 11) is -19.3. The van der Waals surface area contributed by atoms with Crippen molar-refractivity contribution in [2.45, 2.75) is 0 Å².